The van der Waals surface area contributed by atoms with Gasteiger partial charge >= 0.3 is 206 Å². The number of hydrogen-bond acceptors (Lipinski definition) is 2. The van der Waals surface area contributed by atoms with Gasteiger partial charge in [0.2, 0.25) is 0 Å². The molecule has 3 aromatic rings. The molecule has 0 spiro atoms. The predicted octanol–water partition coefficient (Wildman–Crippen LogP) is 7.05. The van der Waals surface area contributed by atoms with E-state index in [1.165, 1.54) is 6.07 Å². The molecule has 0 aromatic heterocycles. The van der Waals surface area contributed by atoms with Crippen molar-refractivity contribution in [2.75, 3.05) is 20.7 Å². The number of benzene rings is 3. The van der Waals surface area contributed by atoms with Crippen LogP contribution >= 0.6 is 19.8 Å². The number of rotatable bonds is 5. The van der Waals surface area contributed by atoms with Gasteiger partial charge in [-0.3, -0.25) is 0 Å². The standard InChI is InChI=1S/C31H34FIN2O2/c1-31(2,3)22-12-7-13-23(20-22)34-29(36)24-14-9-19-35(28(24)21-10-5-4-6-11-21)30(37)27-25(32)15-8-16-26(27)33-17-18-33/h4-8,10-13,15-16,20,24,28H,9,14,17-19H2,1-3H3,(H,34,36)/t24-,28-/m0/s1. The second kappa shape index (κ2) is 10.6. The molecular weight excluding hydrogens is 578 g/mol. The molecule has 2 atom stereocenters. The van der Waals surface area contributed by atoms with E-state index in [1.54, 1.807) is 11.0 Å². The van der Waals surface area contributed by atoms with Crippen LogP contribution in [0.25, 0.3) is 0 Å². The summed E-state index contributed by atoms with van der Waals surface area (Å²) in [4.78, 5) is 29.5. The number of carbonyl (C=O) groups is 2. The van der Waals surface area contributed by atoms with Crippen LogP contribution in [0.2, 0.25) is 0 Å². The van der Waals surface area contributed by atoms with Crippen LogP contribution in [0.5, 0.6) is 0 Å². The second-order valence-electron chi connectivity index (χ2n) is 10.9. The average molecular weight is 613 g/mol. The number of alkyl halides is 2. The first-order valence-electron chi connectivity index (χ1n) is 12.9. The fourth-order valence-electron chi connectivity index (χ4n) is 5.17. The van der Waals surface area contributed by atoms with Crippen molar-refractivity contribution in [1.29, 1.82) is 0 Å². The van der Waals surface area contributed by atoms with Crippen LogP contribution in [0.4, 0.5) is 10.1 Å². The van der Waals surface area contributed by atoms with E-state index in [-0.39, 0.29) is 22.8 Å². The third kappa shape index (κ3) is 5.59. The summed E-state index contributed by atoms with van der Waals surface area (Å²) in [5.74, 6) is -1.26. The summed E-state index contributed by atoms with van der Waals surface area (Å²) >= 11 is -1.41. The molecule has 2 heterocycles. The van der Waals surface area contributed by atoms with Crippen LogP contribution in [-0.2, 0) is 10.2 Å². The molecule has 6 heteroatoms. The first kappa shape index (κ1) is 25.9. The molecule has 2 amide bonds. The number of halogens is 2. The number of carbonyl (C=O) groups excluding carboxylic acids is 2. The van der Waals surface area contributed by atoms with Gasteiger partial charge in [0.25, 0.3) is 0 Å². The molecule has 5 rings (SSSR count). The molecule has 194 valence electrons. The van der Waals surface area contributed by atoms with E-state index in [0.717, 1.165) is 29.2 Å². The molecule has 37 heavy (non-hydrogen) atoms. The summed E-state index contributed by atoms with van der Waals surface area (Å²) < 4.78 is 18.4. The number of nitrogens with zero attached hydrogens (tertiary/aromatic N) is 1. The normalized spacial score (nSPS) is 20.4. The van der Waals surface area contributed by atoms with Crippen LogP contribution in [0, 0.1) is 15.3 Å². The molecular formula is C31H34FIN2O2. The van der Waals surface area contributed by atoms with Crippen molar-refractivity contribution in [3.63, 3.8) is 0 Å². The Morgan fingerprint density at radius 3 is 2.41 bits per heavy atom. The van der Waals surface area contributed by atoms with Crippen molar-refractivity contribution in [3.05, 3.63) is 98.9 Å². The van der Waals surface area contributed by atoms with E-state index in [1.807, 2.05) is 54.6 Å². The number of amides is 2. The fraction of sp³-hybridized carbons (Fsp3) is 0.355. The summed E-state index contributed by atoms with van der Waals surface area (Å²) in [6, 6.07) is 22.3. The molecule has 0 bridgehead atoms. The Balaban J connectivity index is 1.49. The zero-order valence-electron chi connectivity index (χ0n) is 21.6. The fourth-order valence-corrected chi connectivity index (χ4v) is 9.87. The Morgan fingerprint density at radius 1 is 0.973 bits per heavy atom. The van der Waals surface area contributed by atoms with Crippen molar-refractivity contribution in [1.82, 2.24) is 4.90 Å². The number of anilines is 1. The zero-order chi connectivity index (χ0) is 26.2. The minimum atomic E-state index is -1.41. The van der Waals surface area contributed by atoms with Crippen LogP contribution < -0.4 is 5.32 Å². The molecule has 0 unspecified atom stereocenters. The summed E-state index contributed by atoms with van der Waals surface area (Å²) in [6.45, 7) is 6.94. The van der Waals surface area contributed by atoms with E-state index in [9.17, 15) is 9.59 Å². The van der Waals surface area contributed by atoms with E-state index < -0.39 is 37.6 Å². The SMILES string of the molecule is CC(C)(C)c1cccc(NC(=O)[C@H]2CCCN(C(=O)c3c(F)cccc3I3CC3)[C@H]2c2ccccc2)c1. The molecule has 2 fully saturated rings. The Hall–Kier alpha value is -2.74. The Kier molecular flexibility index (Phi) is 7.39. The molecule has 2 aliphatic heterocycles. The third-order valence-corrected chi connectivity index (χ3v) is 11.9. The monoisotopic (exact) mass is 612 g/mol. The van der Waals surface area contributed by atoms with Crippen LogP contribution in [0.1, 0.15) is 61.1 Å². The minimum absolute atomic E-state index is 0.0376. The third-order valence-electron chi connectivity index (χ3n) is 7.21. The van der Waals surface area contributed by atoms with Gasteiger partial charge in [-0.25, -0.2) is 0 Å². The topological polar surface area (TPSA) is 49.4 Å². The van der Waals surface area contributed by atoms with Gasteiger partial charge in [0, 0.05) is 0 Å². The molecule has 3 aromatic carbocycles. The summed E-state index contributed by atoms with van der Waals surface area (Å²) in [5.41, 5.74) is 3.00. The van der Waals surface area contributed by atoms with Gasteiger partial charge in [-0.05, 0) is 0 Å². The van der Waals surface area contributed by atoms with E-state index in [2.05, 4.69) is 32.2 Å². The van der Waals surface area contributed by atoms with Gasteiger partial charge in [-0.2, -0.15) is 0 Å². The Labute approximate surface area is 226 Å². The van der Waals surface area contributed by atoms with E-state index in [0.29, 0.717) is 19.4 Å². The van der Waals surface area contributed by atoms with Gasteiger partial charge in [-0.15, -0.1) is 0 Å². The van der Waals surface area contributed by atoms with Gasteiger partial charge in [-0.1, -0.05) is 20.8 Å². The van der Waals surface area contributed by atoms with Crippen molar-refractivity contribution in [3.8, 4) is 0 Å². The maximum absolute atomic E-state index is 15.1. The summed E-state index contributed by atoms with van der Waals surface area (Å²) in [7, 11) is 0. The quantitative estimate of drug-likeness (QED) is 0.248. The van der Waals surface area contributed by atoms with Gasteiger partial charge < -0.3 is 0 Å². The predicted molar refractivity (Wildman–Crippen MR) is 156 cm³/mol. The molecule has 0 aliphatic carbocycles. The van der Waals surface area contributed by atoms with Crippen molar-refractivity contribution < 1.29 is 14.0 Å². The zero-order valence-corrected chi connectivity index (χ0v) is 23.8. The molecule has 2 aliphatic rings. The molecule has 4 nitrogen and oxygen atoms in total. The average Bonchev–Trinajstić information content (AvgIpc) is 3.73. The number of hydrogen-bond donors (Lipinski definition) is 1. The first-order chi connectivity index (χ1) is 17.7. The van der Waals surface area contributed by atoms with Crippen molar-refractivity contribution in [2.45, 2.75) is 45.1 Å². The van der Waals surface area contributed by atoms with E-state index in [4.69, 9.17) is 0 Å². The molecule has 1 N–H and O–H groups in total. The number of piperidine rings is 1. The molecule has 2 saturated heterocycles. The van der Waals surface area contributed by atoms with Crippen molar-refractivity contribution >= 4 is 37.3 Å². The van der Waals surface area contributed by atoms with Gasteiger partial charge in [0.1, 0.15) is 0 Å². The Morgan fingerprint density at radius 2 is 1.70 bits per heavy atom. The summed E-state index contributed by atoms with van der Waals surface area (Å²) in [5, 5.41) is 3.13. The van der Waals surface area contributed by atoms with Crippen LogP contribution in [0.3, 0.4) is 0 Å². The molecule has 0 saturated carbocycles. The van der Waals surface area contributed by atoms with Crippen LogP contribution in [-0.4, -0.2) is 32.1 Å². The maximum atomic E-state index is 15.1. The first-order valence-corrected chi connectivity index (χ1v) is 17.0. The Bertz CT molecular complexity index is 1300. The number of nitrogens with one attached hydrogen (secondary N) is 1. The van der Waals surface area contributed by atoms with E-state index >= 15 is 4.39 Å². The van der Waals surface area contributed by atoms with Gasteiger partial charge in [0.15, 0.2) is 0 Å². The molecule has 0 radical (unpaired) electrons. The van der Waals surface area contributed by atoms with Crippen LogP contribution in [0.15, 0.2) is 72.8 Å². The number of likely N-dealkylation sites (tertiary alicyclic amines) is 1. The van der Waals surface area contributed by atoms with Crippen molar-refractivity contribution in [2.24, 2.45) is 5.92 Å². The summed E-state index contributed by atoms with van der Waals surface area (Å²) in [6.07, 6.45) is 1.36. The van der Waals surface area contributed by atoms with Gasteiger partial charge in [0.05, 0.1) is 0 Å². The second-order valence-corrected chi connectivity index (χ2v) is 16.8.